The number of fused-ring (bicyclic) bond motifs is 1. The molecule has 4 aromatic rings. The number of carbonyl (C=O) groups excluding carboxylic acids is 2. The molecule has 1 heterocycles. The highest BCUT2D eigenvalue weighted by Gasteiger charge is 2.36. The van der Waals surface area contributed by atoms with Crippen LogP contribution in [0.1, 0.15) is 40.5 Å². The highest BCUT2D eigenvalue weighted by molar-refractivity contribution is 5.96. The maximum Gasteiger partial charge on any atom is 0.228 e. The van der Waals surface area contributed by atoms with Gasteiger partial charge in [0.05, 0.1) is 11.8 Å². The SMILES string of the molecule is O=C(NCc1ccccc1)[C@H](c1ccc(F)cc1)[C@@H](C(=O)CCN1CCc2ccccc21)c1ccc(F)cc1. The van der Waals surface area contributed by atoms with E-state index in [0.29, 0.717) is 17.7 Å². The quantitative estimate of drug-likeness (QED) is 0.270. The molecule has 2 atom stereocenters. The van der Waals surface area contributed by atoms with E-state index in [0.717, 1.165) is 24.2 Å². The van der Waals surface area contributed by atoms with Crippen LogP contribution in [0.25, 0.3) is 0 Å². The molecule has 198 valence electrons. The highest BCUT2D eigenvalue weighted by atomic mass is 19.1. The second-order valence-corrected chi connectivity index (χ2v) is 9.84. The number of benzene rings is 4. The van der Waals surface area contributed by atoms with Gasteiger partial charge in [-0.1, -0.05) is 72.8 Å². The number of nitrogens with zero attached hydrogens (tertiary/aromatic N) is 1. The molecule has 0 aromatic heterocycles. The minimum Gasteiger partial charge on any atom is -0.371 e. The number of amides is 1. The first kappa shape index (κ1) is 26.3. The maximum absolute atomic E-state index is 14.0. The number of anilines is 1. The van der Waals surface area contributed by atoms with Gasteiger partial charge in [-0.25, -0.2) is 8.78 Å². The van der Waals surface area contributed by atoms with E-state index in [-0.39, 0.29) is 24.7 Å². The van der Waals surface area contributed by atoms with Crippen LogP contribution in [0, 0.1) is 11.6 Å². The Bertz CT molecular complexity index is 1420. The van der Waals surface area contributed by atoms with Gasteiger partial charge in [0.1, 0.15) is 17.4 Å². The molecule has 0 fully saturated rings. The second kappa shape index (κ2) is 12.0. The van der Waals surface area contributed by atoms with Gasteiger partial charge in [-0.05, 0) is 59.0 Å². The average Bonchev–Trinajstić information content (AvgIpc) is 3.38. The molecular formula is C33H30F2N2O2. The van der Waals surface area contributed by atoms with Crippen LogP contribution in [0.3, 0.4) is 0 Å². The summed E-state index contributed by atoms with van der Waals surface area (Å²) < 4.78 is 27.7. The molecule has 1 aliphatic rings. The molecule has 0 bridgehead atoms. The monoisotopic (exact) mass is 524 g/mol. The molecule has 4 nitrogen and oxygen atoms in total. The van der Waals surface area contributed by atoms with Crippen LogP contribution in [0.15, 0.2) is 103 Å². The van der Waals surface area contributed by atoms with Gasteiger partial charge in [0.2, 0.25) is 5.91 Å². The van der Waals surface area contributed by atoms with Crippen LogP contribution < -0.4 is 10.2 Å². The lowest BCUT2D eigenvalue weighted by molar-refractivity contribution is -0.128. The Morgan fingerprint density at radius 2 is 1.33 bits per heavy atom. The van der Waals surface area contributed by atoms with Crippen LogP contribution in [-0.2, 0) is 22.6 Å². The summed E-state index contributed by atoms with van der Waals surface area (Å²) in [5, 5.41) is 2.97. The zero-order chi connectivity index (χ0) is 27.2. The molecular weight excluding hydrogens is 494 g/mol. The number of hydrogen-bond donors (Lipinski definition) is 1. The average molecular weight is 525 g/mol. The minimum absolute atomic E-state index is 0.129. The number of nitrogens with one attached hydrogen (secondary N) is 1. The zero-order valence-corrected chi connectivity index (χ0v) is 21.5. The van der Waals surface area contributed by atoms with Crippen molar-refractivity contribution in [3.63, 3.8) is 0 Å². The smallest absolute Gasteiger partial charge is 0.228 e. The van der Waals surface area contributed by atoms with Crippen molar-refractivity contribution >= 4 is 17.4 Å². The Hall–Kier alpha value is -4.32. The van der Waals surface area contributed by atoms with Gasteiger partial charge < -0.3 is 10.2 Å². The number of ketones is 1. The minimum atomic E-state index is -0.918. The first-order valence-electron chi connectivity index (χ1n) is 13.2. The van der Waals surface area contributed by atoms with E-state index in [4.69, 9.17) is 0 Å². The van der Waals surface area contributed by atoms with E-state index in [1.807, 2.05) is 42.5 Å². The number of para-hydroxylation sites is 1. The van der Waals surface area contributed by atoms with Gasteiger partial charge >= 0.3 is 0 Å². The standard InChI is InChI=1S/C33H30F2N2O2/c34-27-14-10-25(11-15-27)31(30(38)19-21-37-20-18-24-8-4-5-9-29(24)37)32(26-12-16-28(35)17-13-26)33(39)36-22-23-6-2-1-3-7-23/h1-17,31-32H,18-22H2,(H,36,39)/t31-,32-/m1/s1. The molecule has 1 amide bonds. The van der Waals surface area contributed by atoms with E-state index < -0.39 is 23.5 Å². The number of rotatable bonds is 10. The molecule has 0 radical (unpaired) electrons. The fourth-order valence-electron chi connectivity index (χ4n) is 5.33. The molecule has 1 aliphatic heterocycles. The van der Waals surface area contributed by atoms with Crippen LogP contribution >= 0.6 is 0 Å². The predicted octanol–water partition coefficient (Wildman–Crippen LogP) is 6.17. The molecule has 5 rings (SSSR count). The van der Waals surface area contributed by atoms with E-state index in [9.17, 15) is 18.4 Å². The van der Waals surface area contributed by atoms with Crippen molar-refractivity contribution in [2.24, 2.45) is 0 Å². The van der Waals surface area contributed by atoms with Gasteiger partial charge in [-0.15, -0.1) is 0 Å². The van der Waals surface area contributed by atoms with Gasteiger partial charge in [-0.3, -0.25) is 9.59 Å². The normalized spacial score (nSPS) is 13.9. The molecule has 0 saturated heterocycles. The predicted molar refractivity (Wildman–Crippen MR) is 149 cm³/mol. The van der Waals surface area contributed by atoms with Crippen molar-refractivity contribution in [3.8, 4) is 0 Å². The summed E-state index contributed by atoms with van der Waals surface area (Å²) in [6.45, 7) is 1.62. The lowest BCUT2D eigenvalue weighted by Gasteiger charge is -2.28. The number of Topliss-reactive ketones (excluding diaryl/α,β-unsaturated/α-hetero) is 1. The third-order valence-corrected chi connectivity index (χ3v) is 7.34. The second-order valence-electron chi connectivity index (χ2n) is 9.84. The molecule has 4 aromatic carbocycles. The summed E-state index contributed by atoms with van der Waals surface area (Å²) in [6.07, 6.45) is 1.13. The Balaban J connectivity index is 1.45. The van der Waals surface area contributed by atoms with Crippen LogP contribution in [0.2, 0.25) is 0 Å². The topological polar surface area (TPSA) is 49.4 Å². The third kappa shape index (κ3) is 6.23. The van der Waals surface area contributed by atoms with Crippen LogP contribution in [0.4, 0.5) is 14.5 Å². The van der Waals surface area contributed by atoms with Crippen LogP contribution in [-0.4, -0.2) is 24.8 Å². The first-order valence-corrected chi connectivity index (χ1v) is 13.2. The van der Waals surface area contributed by atoms with E-state index in [2.05, 4.69) is 22.3 Å². The van der Waals surface area contributed by atoms with Gasteiger partial charge in [0, 0.05) is 31.7 Å². The Labute approximate surface area is 227 Å². The zero-order valence-electron chi connectivity index (χ0n) is 21.5. The van der Waals surface area contributed by atoms with E-state index in [1.54, 1.807) is 24.3 Å². The summed E-state index contributed by atoms with van der Waals surface area (Å²) in [4.78, 5) is 29.9. The highest BCUT2D eigenvalue weighted by Crippen LogP contribution is 2.36. The molecule has 6 heteroatoms. The summed E-state index contributed by atoms with van der Waals surface area (Å²) in [5.41, 5.74) is 4.37. The lowest BCUT2D eigenvalue weighted by Crippen LogP contribution is -2.36. The molecule has 0 unspecified atom stereocenters. The largest absolute Gasteiger partial charge is 0.371 e. The Kier molecular flexibility index (Phi) is 8.11. The molecule has 0 saturated carbocycles. The van der Waals surface area contributed by atoms with Crippen molar-refractivity contribution in [2.45, 2.75) is 31.2 Å². The van der Waals surface area contributed by atoms with Gasteiger partial charge in [0.25, 0.3) is 0 Å². The van der Waals surface area contributed by atoms with Gasteiger partial charge in [0.15, 0.2) is 0 Å². The van der Waals surface area contributed by atoms with Crippen molar-refractivity contribution in [2.75, 3.05) is 18.0 Å². The molecule has 0 spiro atoms. The Morgan fingerprint density at radius 1 is 0.744 bits per heavy atom. The van der Waals surface area contributed by atoms with Gasteiger partial charge in [-0.2, -0.15) is 0 Å². The van der Waals surface area contributed by atoms with Crippen LogP contribution in [0.5, 0.6) is 0 Å². The summed E-state index contributed by atoms with van der Waals surface area (Å²) in [6, 6.07) is 29.0. The summed E-state index contributed by atoms with van der Waals surface area (Å²) >= 11 is 0. The lowest BCUT2D eigenvalue weighted by atomic mass is 9.77. The third-order valence-electron chi connectivity index (χ3n) is 7.34. The summed E-state index contributed by atoms with van der Waals surface area (Å²) in [5.74, 6) is -3.12. The summed E-state index contributed by atoms with van der Waals surface area (Å²) in [7, 11) is 0. The van der Waals surface area contributed by atoms with Crippen molar-refractivity contribution in [1.29, 1.82) is 0 Å². The number of hydrogen-bond acceptors (Lipinski definition) is 3. The molecule has 1 N–H and O–H groups in total. The first-order chi connectivity index (χ1) is 19.0. The van der Waals surface area contributed by atoms with E-state index in [1.165, 1.54) is 29.8 Å². The fraction of sp³-hybridized carbons (Fsp3) is 0.212. The number of carbonyl (C=O) groups is 2. The van der Waals surface area contributed by atoms with Crippen molar-refractivity contribution < 1.29 is 18.4 Å². The van der Waals surface area contributed by atoms with Crippen molar-refractivity contribution in [1.82, 2.24) is 5.32 Å². The Morgan fingerprint density at radius 3 is 2.00 bits per heavy atom. The maximum atomic E-state index is 14.0. The number of halogens is 2. The molecule has 39 heavy (non-hydrogen) atoms. The molecule has 0 aliphatic carbocycles. The van der Waals surface area contributed by atoms with E-state index >= 15 is 0 Å². The fourth-order valence-corrected chi connectivity index (χ4v) is 5.33. The van der Waals surface area contributed by atoms with Crippen molar-refractivity contribution in [3.05, 3.63) is 137 Å².